The monoisotopic (exact) mass is 472 g/mol. The Hall–Kier alpha value is -3.84. The average molecular weight is 473 g/mol. The second-order valence-corrected chi connectivity index (χ2v) is 8.51. The second kappa shape index (κ2) is 9.57. The van der Waals surface area contributed by atoms with Gasteiger partial charge >= 0.3 is 0 Å². The lowest BCUT2D eigenvalue weighted by molar-refractivity contribution is 0.0627. The lowest BCUT2D eigenvalue weighted by Gasteiger charge is -2.25. The summed E-state index contributed by atoms with van der Waals surface area (Å²) in [5, 5.41) is -0.0480. The fourth-order valence-corrected chi connectivity index (χ4v) is 4.27. The minimum absolute atomic E-state index is 0.0197. The molecule has 0 saturated heterocycles. The van der Waals surface area contributed by atoms with E-state index in [0.29, 0.717) is 22.4 Å². The first-order chi connectivity index (χ1) is 16.3. The molecule has 1 heterocycles. The van der Waals surface area contributed by atoms with E-state index in [4.69, 9.17) is 17.0 Å². The lowest BCUT2D eigenvalue weighted by atomic mass is 10.0. The van der Waals surface area contributed by atoms with Gasteiger partial charge in [-0.15, -0.1) is 0 Å². The number of thiocarbonyl (C=S) groups is 1. The number of hydrogen-bond acceptors (Lipinski definition) is 5. The SMILES string of the molecule is Cc1ccc(N(C(=O)c2c(C)cccc2C)C(=S)OCCN2C(=O)c3ccccc3C2=O)cc1. The molecule has 3 aromatic rings. The summed E-state index contributed by atoms with van der Waals surface area (Å²) in [7, 11) is 0. The summed E-state index contributed by atoms with van der Waals surface area (Å²) in [6, 6.07) is 19.7. The van der Waals surface area contributed by atoms with Gasteiger partial charge in [0.15, 0.2) is 0 Å². The fraction of sp³-hybridized carbons (Fsp3) is 0.185. The number of anilines is 1. The Morgan fingerprint density at radius 3 is 1.97 bits per heavy atom. The Labute approximate surface area is 203 Å². The predicted octanol–water partition coefficient (Wildman–Crippen LogP) is 4.86. The molecule has 6 nitrogen and oxygen atoms in total. The Balaban J connectivity index is 1.54. The van der Waals surface area contributed by atoms with Crippen molar-refractivity contribution in [3.63, 3.8) is 0 Å². The van der Waals surface area contributed by atoms with E-state index in [1.165, 1.54) is 4.90 Å². The summed E-state index contributed by atoms with van der Waals surface area (Å²) in [5.74, 6) is -1.03. The summed E-state index contributed by atoms with van der Waals surface area (Å²) in [6.07, 6.45) is 0. The zero-order chi connectivity index (χ0) is 24.4. The smallest absolute Gasteiger partial charge is 0.271 e. The number of imide groups is 1. The number of amides is 3. The molecule has 0 aliphatic carbocycles. The van der Waals surface area contributed by atoms with Crippen LogP contribution >= 0.6 is 12.2 Å². The van der Waals surface area contributed by atoms with Crippen molar-refractivity contribution < 1.29 is 19.1 Å². The first kappa shape index (κ1) is 23.3. The van der Waals surface area contributed by atoms with Crippen molar-refractivity contribution in [2.75, 3.05) is 18.1 Å². The molecule has 0 radical (unpaired) electrons. The van der Waals surface area contributed by atoms with Gasteiger partial charge in [0, 0.05) is 5.56 Å². The first-order valence-corrected chi connectivity index (χ1v) is 11.3. The van der Waals surface area contributed by atoms with Crippen LogP contribution in [0.1, 0.15) is 47.8 Å². The van der Waals surface area contributed by atoms with Gasteiger partial charge in [-0.3, -0.25) is 19.3 Å². The number of hydrogen-bond donors (Lipinski definition) is 0. The quantitative estimate of drug-likeness (QED) is 0.392. The van der Waals surface area contributed by atoms with E-state index >= 15 is 0 Å². The zero-order valence-electron chi connectivity index (χ0n) is 19.2. The Kier molecular flexibility index (Phi) is 6.56. The molecule has 1 aliphatic heterocycles. The van der Waals surface area contributed by atoms with Crippen molar-refractivity contribution in [3.8, 4) is 0 Å². The lowest BCUT2D eigenvalue weighted by Crippen LogP contribution is -2.40. The molecule has 4 rings (SSSR count). The average Bonchev–Trinajstić information content (AvgIpc) is 3.05. The van der Waals surface area contributed by atoms with Gasteiger partial charge < -0.3 is 4.74 Å². The summed E-state index contributed by atoms with van der Waals surface area (Å²) in [4.78, 5) is 41.3. The number of rotatable bonds is 5. The molecular formula is C27H24N2O4S. The molecule has 3 amide bonds. The molecule has 0 spiro atoms. The van der Waals surface area contributed by atoms with Crippen LogP contribution in [-0.2, 0) is 4.74 Å². The third kappa shape index (κ3) is 4.34. The van der Waals surface area contributed by atoms with E-state index in [9.17, 15) is 14.4 Å². The van der Waals surface area contributed by atoms with Crippen molar-refractivity contribution in [1.82, 2.24) is 4.90 Å². The highest BCUT2D eigenvalue weighted by molar-refractivity contribution is 7.80. The van der Waals surface area contributed by atoms with Gasteiger partial charge in [0.1, 0.15) is 6.61 Å². The molecule has 0 aromatic heterocycles. The minimum atomic E-state index is -0.364. The van der Waals surface area contributed by atoms with Crippen molar-refractivity contribution >= 4 is 40.8 Å². The molecule has 1 aliphatic rings. The Morgan fingerprint density at radius 1 is 0.853 bits per heavy atom. The van der Waals surface area contributed by atoms with Gasteiger partial charge in [-0.25, -0.2) is 4.90 Å². The largest absolute Gasteiger partial charge is 0.468 e. The Morgan fingerprint density at radius 2 is 1.41 bits per heavy atom. The summed E-state index contributed by atoms with van der Waals surface area (Å²) in [6.45, 7) is 5.69. The number of carbonyl (C=O) groups excluding carboxylic acids is 3. The van der Waals surface area contributed by atoms with Crippen LogP contribution in [0, 0.1) is 20.8 Å². The molecule has 0 atom stereocenters. The van der Waals surface area contributed by atoms with Crippen LogP contribution in [-0.4, -0.2) is 40.9 Å². The number of nitrogens with zero attached hydrogens (tertiary/aromatic N) is 2. The normalized spacial score (nSPS) is 12.5. The maximum atomic E-state index is 13.6. The van der Waals surface area contributed by atoms with Crippen molar-refractivity contribution in [1.29, 1.82) is 0 Å². The van der Waals surface area contributed by atoms with Gasteiger partial charge in [-0.05, 0) is 68.4 Å². The topological polar surface area (TPSA) is 66.9 Å². The number of benzene rings is 3. The minimum Gasteiger partial charge on any atom is -0.468 e. The van der Waals surface area contributed by atoms with Gasteiger partial charge in [0.2, 0.25) is 0 Å². The van der Waals surface area contributed by atoms with Crippen molar-refractivity contribution in [3.05, 3.63) is 100 Å². The van der Waals surface area contributed by atoms with E-state index in [0.717, 1.165) is 21.6 Å². The van der Waals surface area contributed by atoms with Crippen LogP contribution < -0.4 is 4.90 Å². The standard InChI is InChI=1S/C27H24N2O4S/c1-17-11-13-20(14-12-17)29(26(32)23-18(2)7-6-8-19(23)3)27(34)33-16-15-28-24(30)21-9-4-5-10-22(21)25(28)31/h4-14H,15-16H2,1-3H3. The van der Waals surface area contributed by atoms with Crippen LogP contribution in [0.4, 0.5) is 5.69 Å². The maximum absolute atomic E-state index is 13.6. The molecule has 0 saturated carbocycles. The second-order valence-electron chi connectivity index (χ2n) is 8.16. The molecule has 172 valence electrons. The molecule has 0 fully saturated rings. The number of ether oxygens (including phenoxy) is 1. The van der Waals surface area contributed by atoms with Crippen LogP contribution in [0.5, 0.6) is 0 Å². The van der Waals surface area contributed by atoms with E-state index in [-0.39, 0.29) is 36.0 Å². The van der Waals surface area contributed by atoms with Crippen LogP contribution in [0.3, 0.4) is 0 Å². The number of carbonyl (C=O) groups is 3. The highest BCUT2D eigenvalue weighted by atomic mass is 32.1. The fourth-order valence-electron chi connectivity index (χ4n) is 3.99. The van der Waals surface area contributed by atoms with E-state index in [1.54, 1.807) is 36.4 Å². The van der Waals surface area contributed by atoms with Gasteiger partial charge in [-0.1, -0.05) is 48.0 Å². The molecule has 7 heteroatoms. The zero-order valence-corrected chi connectivity index (χ0v) is 20.0. The molecule has 3 aromatic carbocycles. The molecule has 0 N–H and O–H groups in total. The molecule has 34 heavy (non-hydrogen) atoms. The third-order valence-corrected chi connectivity index (χ3v) is 6.09. The number of aryl methyl sites for hydroxylation is 3. The van der Waals surface area contributed by atoms with E-state index in [1.807, 2.05) is 51.1 Å². The van der Waals surface area contributed by atoms with Crippen molar-refractivity contribution in [2.24, 2.45) is 0 Å². The summed E-state index contributed by atoms with van der Waals surface area (Å²) in [5.41, 5.74) is 4.58. The Bertz CT molecular complexity index is 1240. The van der Waals surface area contributed by atoms with Gasteiger partial charge in [0.05, 0.1) is 23.4 Å². The van der Waals surface area contributed by atoms with E-state index < -0.39 is 0 Å². The van der Waals surface area contributed by atoms with Gasteiger partial charge in [-0.2, -0.15) is 0 Å². The molecule has 0 unspecified atom stereocenters. The molecule has 0 bridgehead atoms. The summed E-state index contributed by atoms with van der Waals surface area (Å²) < 4.78 is 5.76. The van der Waals surface area contributed by atoms with Crippen molar-refractivity contribution in [2.45, 2.75) is 20.8 Å². The highest BCUT2D eigenvalue weighted by Crippen LogP contribution is 2.24. The third-order valence-electron chi connectivity index (χ3n) is 5.79. The van der Waals surface area contributed by atoms with Crippen LogP contribution in [0.25, 0.3) is 0 Å². The van der Waals surface area contributed by atoms with E-state index in [2.05, 4.69) is 0 Å². The number of fused-ring (bicyclic) bond motifs is 1. The summed E-state index contributed by atoms with van der Waals surface area (Å²) >= 11 is 5.52. The molecular weight excluding hydrogens is 448 g/mol. The highest BCUT2D eigenvalue weighted by Gasteiger charge is 2.35. The first-order valence-electron chi connectivity index (χ1n) is 10.9. The predicted molar refractivity (Wildman–Crippen MR) is 134 cm³/mol. The van der Waals surface area contributed by atoms with Gasteiger partial charge in [0.25, 0.3) is 22.9 Å². The van der Waals surface area contributed by atoms with Crippen LogP contribution in [0.2, 0.25) is 0 Å². The maximum Gasteiger partial charge on any atom is 0.271 e. The van der Waals surface area contributed by atoms with Crippen LogP contribution in [0.15, 0.2) is 66.7 Å².